The molecule has 4 aromatic carbocycles. The van der Waals surface area contributed by atoms with Gasteiger partial charge in [0, 0.05) is 49.9 Å². The van der Waals surface area contributed by atoms with Crippen molar-refractivity contribution < 1.29 is 49.5 Å². The number of hydrogen-bond donors (Lipinski definition) is 8. The third kappa shape index (κ3) is 15.1. The molecule has 21 nitrogen and oxygen atoms in total. The normalized spacial score (nSPS) is 19.3. The van der Waals surface area contributed by atoms with Crippen LogP contribution in [0.15, 0.2) is 150 Å². The molecule has 2 unspecified atom stereocenters. The molecule has 94 heavy (non-hydrogen) atoms. The molecule has 1 fully saturated rings. The first kappa shape index (κ1) is 72.1. The lowest BCUT2D eigenvalue weighted by molar-refractivity contribution is -0.149. The number of aromatic nitrogens is 6. The fraction of sp³-hybridized carbons (Fsp3) is 0.391. The highest BCUT2D eigenvalue weighted by Crippen LogP contribution is 2.44. The maximum Gasteiger partial charge on any atom is 0.331 e. The Morgan fingerprint density at radius 1 is 0.468 bits per heavy atom. The Kier molecular flexibility index (Phi) is 21.8. The zero-order valence-electron chi connectivity index (χ0n) is 52.0. The number of barbiturate groups is 1. The zero-order chi connectivity index (χ0) is 68.4. The Hall–Kier alpha value is -9.38. The van der Waals surface area contributed by atoms with Gasteiger partial charge < -0.3 is 21.7 Å². The molecule has 0 spiro atoms. The number of nitrogens with zero attached hydrogens (tertiary/aromatic N) is 4. The number of imide groups is 2. The van der Waals surface area contributed by atoms with E-state index in [4.69, 9.17) is 5.73 Å². The zero-order valence-corrected chi connectivity index (χ0v) is 52.9. The van der Waals surface area contributed by atoms with Gasteiger partial charge in [-0.25, -0.2) is 54.3 Å². The Bertz CT molecular complexity index is 3920. The van der Waals surface area contributed by atoms with E-state index >= 15 is 0 Å². The Balaban J connectivity index is 0.000000177. The van der Waals surface area contributed by atoms with Gasteiger partial charge in [-0.1, -0.05) is 121 Å². The number of amides is 4. The molecular weight excluding hydrogens is 1270 g/mol. The number of nitrogens with two attached hydrogens (primary N) is 1. The van der Waals surface area contributed by atoms with Crippen LogP contribution in [0.1, 0.15) is 143 Å². The van der Waals surface area contributed by atoms with E-state index in [1.165, 1.54) is 12.1 Å². The number of benzene rings is 4. The fourth-order valence-electron chi connectivity index (χ4n) is 11.3. The van der Waals surface area contributed by atoms with Crippen molar-refractivity contribution >= 4 is 47.7 Å². The molecule has 9 N–H and O–H groups in total. The molecule has 4 aliphatic rings. The van der Waals surface area contributed by atoms with Crippen LogP contribution in [0.2, 0.25) is 0 Å². The fourth-order valence-corrected chi connectivity index (χ4v) is 11.3. The standard InChI is InChI=1S/C16H19F2N3O3.3C16H17F2N3O2.ClH/c1-9(2)21-14(23)11(13(22)20-15(21)24)8-16(17,18)12(19)10-6-4-3-5-7-10;3*1-9(2)21-14(22)11-8-16(17,18)12(10-6-4-3-5-7-10)19-13(11)20-15(21)23;/h3-7,9,11-12H,8,19H2,1-2H3,(H,20,22,24);3*3-7,9,12,19H,8H2,1-2H3,(H,20,23);1H/t11?,12-;2*12-;;/m010../s1. The molecule has 11 rings (SSSR count). The van der Waals surface area contributed by atoms with Crippen molar-refractivity contribution in [1.29, 1.82) is 0 Å². The Morgan fingerprint density at radius 2 is 0.755 bits per heavy atom. The van der Waals surface area contributed by atoms with Gasteiger partial charge in [-0.05, 0) is 77.6 Å². The summed E-state index contributed by atoms with van der Waals surface area (Å²) in [5.74, 6) is -16.3. The summed E-state index contributed by atoms with van der Waals surface area (Å²) in [6, 6.07) is 24.3. The predicted octanol–water partition coefficient (Wildman–Crippen LogP) is 9.62. The summed E-state index contributed by atoms with van der Waals surface area (Å²) in [6.07, 6.45) is -3.20. The third-order valence-corrected chi connectivity index (χ3v) is 15.9. The van der Waals surface area contributed by atoms with Crippen LogP contribution in [-0.4, -0.2) is 81.1 Å². The molecule has 30 heteroatoms. The number of rotatable bonds is 11. The molecule has 0 bridgehead atoms. The van der Waals surface area contributed by atoms with Gasteiger partial charge in [0.25, 0.3) is 40.4 Å². The second-order valence-electron chi connectivity index (χ2n) is 23.9. The SMILES string of the molecule is CC(C)N1C(=O)NC(=O)C(CC(F)(F)[C@@H](N)c2ccccc2)C1=O.CC(C)n1c(=O)[nH]c2c(c1=O)CC(F)(F)C(c1ccccc1)N2.CC(C)n1c(=O)[nH]c2c(c1=O)CC(F)(F)[C@@H](c1ccccc1)N2.CC(C)n1c(=O)[nH]c2c(c1=O)CC(F)(F)[C@H](c1ccccc1)N2.Cl. The molecule has 0 aliphatic carbocycles. The number of fused-ring (bicyclic) bond motifs is 3. The molecule has 4 aliphatic heterocycles. The van der Waals surface area contributed by atoms with Crippen LogP contribution in [-0.2, 0) is 28.9 Å². The summed E-state index contributed by atoms with van der Waals surface area (Å²) in [4.78, 5) is 117. The van der Waals surface area contributed by atoms with Crippen molar-refractivity contribution in [3.8, 4) is 0 Å². The van der Waals surface area contributed by atoms with E-state index in [2.05, 4.69) is 30.9 Å². The van der Waals surface area contributed by atoms with Crippen LogP contribution in [0.25, 0.3) is 0 Å². The number of hydrogen-bond acceptors (Lipinski definition) is 13. The molecular formula is C64H71ClF8N12O9. The van der Waals surface area contributed by atoms with Crippen molar-refractivity contribution in [1.82, 2.24) is 38.9 Å². The van der Waals surface area contributed by atoms with Crippen molar-refractivity contribution in [2.24, 2.45) is 11.7 Å². The quantitative estimate of drug-likeness (QED) is 0.0443. The number of carbonyl (C=O) groups excluding carboxylic acids is 3. The highest BCUT2D eigenvalue weighted by Gasteiger charge is 2.51. The van der Waals surface area contributed by atoms with Gasteiger partial charge in [0.15, 0.2) is 0 Å². The molecule has 5 atom stereocenters. The molecule has 0 radical (unpaired) electrons. The maximum atomic E-state index is 14.5. The van der Waals surface area contributed by atoms with Gasteiger partial charge >= 0.3 is 23.1 Å². The van der Waals surface area contributed by atoms with Gasteiger partial charge in [0.1, 0.15) is 41.5 Å². The van der Waals surface area contributed by atoms with Gasteiger partial charge in [0.05, 0.1) is 22.7 Å². The van der Waals surface area contributed by atoms with Gasteiger partial charge in [-0.3, -0.25) is 62.8 Å². The third-order valence-electron chi connectivity index (χ3n) is 15.9. The van der Waals surface area contributed by atoms with E-state index in [0.29, 0.717) is 16.7 Å². The smallest absolute Gasteiger partial charge is 0.331 e. The van der Waals surface area contributed by atoms with Crippen LogP contribution < -0.4 is 60.7 Å². The minimum absolute atomic E-state index is 0. The van der Waals surface area contributed by atoms with E-state index in [0.717, 1.165) is 18.6 Å². The van der Waals surface area contributed by atoms with Crippen LogP contribution in [0.3, 0.4) is 0 Å². The minimum Gasteiger partial charge on any atom is -0.359 e. The number of H-pyrrole nitrogens is 3. The second kappa shape index (κ2) is 28.5. The van der Waals surface area contributed by atoms with Crippen LogP contribution in [0, 0.1) is 5.92 Å². The van der Waals surface area contributed by atoms with Crippen LogP contribution in [0.5, 0.6) is 0 Å². The van der Waals surface area contributed by atoms with E-state index < -0.39 is 155 Å². The number of alkyl halides is 8. The molecule has 4 amide bonds. The lowest BCUT2D eigenvalue weighted by atomic mass is 9.90. The number of aromatic amines is 3. The number of anilines is 3. The molecule has 3 aromatic heterocycles. The highest BCUT2D eigenvalue weighted by molar-refractivity contribution is 6.16. The molecule has 504 valence electrons. The summed E-state index contributed by atoms with van der Waals surface area (Å²) in [6.45, 7) is 13.0. The number of urea groups is 1. The first-order chi connectivity index (χ1) is 43.6. The Morgan fingerprint density at radius 3 is 1.03 bits per heavy atom. The van der Waals surface area contributed by atoms with E-state index in [9.17, 15) is 78.3 Å². The van der Waals surface area contributed by atoms with Gasteiger partial charge in [0.2, 0.25) is 11.8 Å². The first-order valence-electron chi connectivity index (χ1n) is 29.7. The average molecular weight is 1340 g/mol. The summed E-state index contributed by atoms with van der Waals surface area (Å²) in [5, 5.41) is 9.84. The van der Waals surface area contributed by atoms with Crippen molar-refractivity contribution in [2.45, 2.75) is 153 Å². The lowest BCUT2D eigenvalue weighted by Crippen LogP contribution is -2.61. The van der Waals surface area contributed by atoms with Crippen molar-refractivity contribution in [2.75, 3.05) is 16.0 Å². The minimum atomic E-state index is -3.50. The van der Waals surface area contributed by atoms with E-state index in [-0.39, 0.29) is 52.1 Å². The monoisotopic (exact) mass is 1340 g/mol. The predicted molar refractivity (Wildman–Crippen MR) is 339 cm³/mol. The van der Waals surface area contributed by atoms with Gasteiger partial charge in [-0.2, -0.15) is 0 Å². The maximum absolute atomic E-state index is 14.5. The molecule has 1 saturated heterocycles. The summed E-state index contributed by atoms with van der Waals surface area (Å²) < 4.78 is 119. The van der Waals surface area contributed by atoms with Crippen LogP contribution in [0.4, 0.5) is 57.4 Å². The van der Waals surface area contributed by atoms with Crippen molar-refractivity contribution in [3.63, 3.8) is 0 Å². The lowest BCUT2D eigenvalue weighted by Gasteiger charge is -2.35. The summed E-state index contributed by atoms with van der Waals surface area (Å²) in [5.41, 5.74) is 2.95. The molecule has 7 heterocycles. The van der Waals surface area contributed by atoms with Crippen molar-refractivity contribution in [3.05, 3.63) is 223 Å². The average Bonchev–Trinajstić information content (AvgIpc) is 0.771. The Labute approximate surface area is 537 Å². The van der Waals surface area contributed by atoms with Gasteiger partial charge in [-0.15, -0.1) is 12.4 Å². The second-order valence-corrected chi connectivity index (χ2v) is 23.9. The van der Waals surface area contributed by atoms with Crippen LogP contribution >= 0.6 is 12.4 Å². The summed E-state index contributed by atoms with van der Waals surface area (Å²) >= 11 is 0. The molecule has 0 saturated carbocycles. The topological polar surface area (TPSA) is 293 Å². The van der Waals surface area contributed by atoms with E-state index in [1.807, 2.05) is 5.32 Å². The highest BCUT2D eigenvalue weighted by atomic mass is 35.5. The number of halogens is 9. The number of nitrogens with one attached hydrogen (secondary N) is 7. The van der Waals surface area contributed by atoms with E-state index in [1.54, 1.807) is 165 Å². The number of carbonyl (C=O) groups is 3. The largest absolute Gasteiger partial charge is 0.359 e. The summed E-state index contributed by atoms with van der Waals surface area (Å²) in [7, 11) is 0. The first-order valence-corrected chi connectivity index (χ1v) is 29.7. The molecule has 7 aromatic rings.